The van der Waals surface area contributed by atoms with Crippen LogP contribution in [0.5, 0.6) is 11.5 Å². The van der Waals surface area contributed by atoms with Gasteiger partial charge in [0.15, 0.2) is 5.75 Å². The predicted molar refractivity (Wildman–Crippen MR) is 78.6 cm³/mol. The normalized spacial score (nSPS) is 10.3. The zero-order valence-electron chi connectivity index (χ0n) is 11.8. The minimum absolute atomic E-state index is 0.137. The van der Waals surface area contributed by atoms with Crippen molar-refractivity contribution in [3.63, 3.8) is 0 Å². The van der Waals surface area contributed by atoms with Gasteiger partial charge in [0.05, 0.1) is 13.7 Å². The standard InChI is InChI=1S/C16H19NO3/c1-3-13-7-4-5-8-14(13)20-12-11-17-10-6-9-15(19-2)16(17)18/h4-10H,3,11-12H2,1-2H3. The van der Waals surface area contributed by atoms with Crippen molar-refractivity contribution in [1.29, 1.82) is 0 Å². The number of hydrogen-bond acceptors (Lipinski definition) is 3. The molecule has 0 spiro atoms. The SMILES string of the molecule is CCc1ccccc1OCCn1cccc(OC)c1=O. The summed E-state index contributed by atoms with van der Waals surface area (Å²) in [6, 6.07) is 11.4. The summed E-state index contributed by atoms with van der Waals surface area (Å²) in [5.41, 5.74) is 1.04. The van der Waals surface area contributed by atoms with Crippen molar-refractivity contribution in [2.45, 2.75) is 19.9 Å². The van der Waals surface area contributed by atoms with E-state index in [1.807, 2.05) is 24.3 Å². The molecular weight excluding hydrogens is 254 g/mol. The Bertz CT molecular complexity index is 619. The van der Waals surface area contributed by atoms with Crippen LogP contribution in [0, 0.1) is 0 Å². The van der Waals surface area contributed by atoms with Gasteiger partial charge in [-0.1, -0.05) is 25.1 Å². The van der Waals surface area contributed by atoms with Gasteiger partial charge >= 0.3 is 0 Å². The zero-order chi connectivity index (χ0) is 14.4. The number of pyridine rings is 1. The van der Waals surface area contributed by atoms with Gasteiger partial charge in [0.25, 0.3) is 5.56 Å². The van der Waals surface area contributed by atoms with Crippen LogP contribution < -0.4 is 15.0 Å². The third-order valence-electron chi connectivity index (χ3n) is 3.15. The van der Waals surface area contributed by atoms with Crippen molar-refractivity contribution in [3.8, 4) is 11.5 Å². The molecule has 0 atom stereocenters. The van der Waals surface area contributed by atoms with Gasteiger partial charge in [-0.25, -0.2) is 0 Å². The second kappa shape index (κ2) is 6.80. The van der Waals surface area contributed by atoms with Crippen molar-refractivity contribution in [2.75, 3.05) is 13.7 Å². The highest BCUT2D eigenvalue weighted by Gasteiger charge is 2.04. The summed E-state index contributed by atoms with van der Waals surface area (Å²) in [5.74, 6) is 1.23. The Kier molecular flexibility index (Phi) is 4.82. The molecule has 1 aromatic heterocycles. The Morgan fingerprint density at radius 1 is 1.10 bits per heavy atom. The van der Waals surface area contributed by atoms with Gasteiger partial charge in [0, 0.05) is 6.20 Å². The maximum absolute atomic E-state index is 11.9. The fourth-order valence-corrected chi connectivity index (χ4v) is 2.04. The summed E-state index contributed by atoms with van der Waals surface area (Å²) >= 11 is 0. The number of methoxy groups -OCH3 is 1. The number of aromatic nitrogens is 1. The molecule has 2 aromatic rings. The predicted octanol–water partition coefficient (Wildman–Crippen LogP) is 2.50. The van der Waals surface area contributed by atoms with E-state index in [1.54, 1.807) is 22.9 Å². The van der Waals surface area contributed by atoms with Crippen molar-refractivity contribution in [2.24, 2.45) is 0 Å². The topological polar surface area (TPSA) is 40.5 Å². The fraction of sp³-hybridized carbons (Fsp3) is 0.312. The molecule has 0 aliphatic heterocycles. The molecule has 0 saturated heterocycles. The zero-order valence-corrected chi connectivity index (χ0v) is 11.8. The van der Waals surface area contributed by atoms with E-state index in [0.29, 0.717) is 18.9 Å². The van der Waals surface area contributed by atoms with E-state index < -0.39 is 0 Å². The van der Waals surface area contributed by atoms with Gasteiger partial charge in [-0.15, -0.1) is 0 Å². The van der Waals surface area contributed by atoms with Crippen molar-refractivity contribution < 1.29 is 9.47 Å². The van der Waals surface area contributed by atoms with E-state index in [4.69, 9.17) is 9.47 Å². The maximum atomic E-state index is 11.9. The van der Waals surface area contributed by atoms with Crippen LogP contribution in [0.15, 0.2) is 47.4 Å². The second-order valence-corrected chi connectivity index (χ2v) is 4.38. The van der Waals surface area contributed by atoms with Gasteiger partial charge in [0.1, 0.15) is 12.4 Å². The molecule has 0 aliphatic rings. The van der Waals surface area contributed by atoms with Crippen LogP contribution in [-0.4, -0.2) is 18.3 Å². The molecule has 0 N–H and O–H groups in total. The Morgan fingerprint density at radius 2 is 1.85 bits per heavy atom. The lowest BCUT2D eigenvalue weighted by molar-refractivity contribution is 0.292. The van der Waals surface area contributed by atoms with Gasteiger partial charge in [0.2, 0.25) is 0 Å². The van der Waals surface area contributed by atoms with E-state index in [0.717, 1.165) is 12.2 Å². The highest BCUT2D eigenvalue weighted by atomic mass is 16.5. The number of ether oxygens (including phenoxy) is 2. The van der Waals surface area contributed by atoms with Crippen LogP contribution in [0.25, 0.3) is 0 Å². The maximum Gasteiger partial charge on any atom is 0.292 e. The molecule has 20 heavy (non-hydrogen) atoms. The molecule has 106 valence electrons. The van der Waals surface area contributed by atoms with Crippen molar-refractivity contribution in [3.05, 3.63) is 58.5 Å². The first-order valence-electron chi connectivity index (χ1n) is 6.70. The van der Waals surface area contributed by atoms with Crippen molar-refractivity contribution >= 4 is 0 Å². The van der Waals surface area contributed by atoms with Crippen LogP contribution >= 0.6 is 0 Å². The van der Waals surface area contributed by atoms with E-state index in [-0.39, 0.29) is 5.56 Å². The quantitative estimate of drug-likeness (QED) is 0.812. The lowest BCUT2D eigenvalue weighted by atomic mass is 10.1. The number of rotatable bonds is 6. The third kappa shape index (κ3) is 3.20. The smallest absolute Gasteiger partial charge is 0.292 e. The molecule has 0 saturated carbocycles. The van der Waals surface area contributed by atoms with Gasteiger partial charge in [-0.05, 0) is 30.2 Å². The first-order valence-corrected chi connectivity index (χ1v) is 6.70. The lowest BCUT2D eigenvalue weighted by Crippen LogP contribution is -2.23. The number of benzene rings is 1. The number of nitrogens with zero attached hydrogens (tertiary/aromatic N) is 1. The first kappa shape index (κ1) is 14.2. The largest absolute Gasteiger partial charge is 0.491 e. The van der Waals surface area contributed by atoms with Gasteiger partial charge in [-0.3, -0.25) is 4.79 Å². The summed E-state index contributed by atoms with van der Waals surface area (Å²) in [6.07, 6.45) is 2.66. The van der Waals surface area contributed by atoms with Crippen LogP contribution in [0.1, 0.15) is 12.5 Å². The Labute approximate surface area is 118 Å². The number of para-hydroxylation sites is 1. The number of aryl methyl sites for hydroxylation is 1. The first-order chi connectivity index (χ1) is 9.76. The summed E-state index contributed by atoms with van der Waals surface area (Å²) < 4.78 is 12.4. The molecule has 1 heterocycles. The average molecular weight is 273 g/mol. The summed E-state index contributed by atoms with van der Waals surface area (Å²) in [4.78, 5) is 11.9. The molecule has 4 nitrogen and oxygen atoms in total. The highest BCUT2D eigenvalue weighted by molar-refractivity contribution is 5.33. The summed E-state index contributed by atoms with van der Waals surface area (Å²) in [5, 5.41) is 0. The Morgan fingerprint density at radius 3 is 2.60 bits per heavy atom. The summed E-state index contributed by atoms with van der Waals surface area (Å²) in [7, 11) is 1.50. The summed E-state index contributed by atoms with van der Waals surface area (Å²) in [6.45, 7) is 3.03. The third-order valence-corrected chi connectivity index (χ3v) is 3.15. The van der Waals surface area contributed by atoms with Crippen LogP contribution in [0.4, 0.5) is 0 Å². The lowest BCUT2D eigenvalue weighted by Gasteiger charge is -2.11. The Hall–Kier alpha value is -2.23. The number of hydrogen-bond donors (Lipinski definition) is 0. The highest BCUT2D eigenvalue weighted by Crippen LogP contribution is 2.18. The fourth-order valence-electron chi connectivity index (χ4n) is 2.04. The molecule has 0 amide bonds. The molecule has 0 fully saturated rings. The van der Waals surface area contributed by atoms with Gasteiger partial charge < -0.3 is 14.0 Å². The monoisotopic (exact) mass is 273 g/mol. The molecule has 0 aliphatic carbocycles. The van der Waals surface area contributed by atoms with Gasteiger partial charge in [-0.2, -0.15) is 0 Å². The van der Waals surface area contributed by atoms with Crippen LogP contribution in [0.3, 0.4) is 0 Å². The minimum Gasteiger partial charge on any atom is -0.491 e. The molecule has 4 heteroatoms. The molecule has 0 bridgehead atoms. The van der Waals surface area contributed by atoms with E-state index in [9.17, 15) is 4.79 Å². The molecule has 1 aromatic carbocycles. The van der Waals surface area contributed by atoms with E-state index in [2.05, 4.69) is 6.92 Å². The molecule has 2 rings (SSSR count). The van der Waals surface area contributed by atoms with E-state index >= 15 is 0 Å². The molecular formula is C16H19NO3. The molecule has 0 unspecified atom stereocenters. The average Bonchev–Trinajstić information content (AvgIpc) is 2.49. The van der Waals surface area contributed by atoms with Crippen LogP contribution in [0.2, 0.25) is 0 Å². The second-order valence-electron chi connectivity index (χ2n) is 4.38. The minimum atomic E-state index is -0.137. The van der Waals surface area contributed by atoms with Crippen molar-refractivity contribution in [1.82, 2.24) is 4.57 Å². The molecule has 0 radical (unpaired) electrons. The Balaban J connectivity index is 2.01. The van der Waals surface area contributed by atoms with E-state index in [1.165, 1.54) is 12.7 Å². The van der Waals surface area contributed by atoms with Crippen LogP contribution in [-0.2, 0) is 13.0 Å².